The Morgan fingerprint density at radius 1 is 0.918 bits per heavy atom. The number of aromatic nitrogens is 1. The SMILES string of the molecule is CO/N=C(\C(=O)NC1C(=O)N2C(C(=O)OCc3ccc(OC)cc3)=C([C@H]3CC(C(N)=O)=NO3)CSC12)c1csc(NC(c2ccccc2)(c2ccccc2)c2ccccc2)n1. The van der Waals surface area contributed by atoms with Gasteiger partial charge in [0, 0.05) is 23.1 Å². The van der Waals surface area contributed by atoms with Crippen molar-refractivity contribution in [2.45, 2.75) is 36.1 Å². The number of hydrogen-bond acceptors (Lipinski definition) is 14. The number of fused-ring (bicyclic) bond motifs is 1. The number of primary amides is 1. The van der Waals surface area contributed by atoms with Crippen LogP contribution in [0.4, 0.5) is 5.13 Å². The standard InChI is InChI=1S/C44H39N7O8S2/c1-56-30-20-18-26(19-21-30)23-58-42(55)37-31(34-22-32(38(45)52)49-59-34)24-60-41-36(40(54)51(37)41)47-39(53)35(50-57-2)33-25-61-43(46-33)48-44(27-12-6-3-7-13-27,28-14-8-4-9-15-28)29-16-10-5-11-17-29/h3-21,25,34,36,41H,22-24H2,1-2H3,(H2,45,52)(H,46,48)(H,47,53)/b50-35-/t34-,36?,41?/m1/s1. The van der Waals surface area contributed by atoms with Crippen LogP contribution in [0.3, 0.4) is 0 Å². The van der Waals surface area contributed by atoms with Crippen molar-refractivity contribution in [3.8, 4) is 5.75 Å². The second-order valence-electron chi connectivity index (χ2n) is 14.0. The Hall–Kier alpha value is -6.98. The van der Waals surface area contributed by atoms with Crippen molar-refractivity contribution in [2.75, 3.05) is 25.3 Å². The molecule has 3 aliphatic rings. The highest BCUT2D eigenvalue weighted by molar-refractivity contribution is 8.00. The maximum atomic E-state index is 14.1. The summed E-state index contributed by atoms with van der Waals surface area (Å²) in [6.07, 6.45) is -0.823. The van der Waals surface area contributed by atoms with E-state index in [0.29, 0.717) is 22.0 Å². The molecular weight excluding hydrogens is 819 g/mol. The molecule has 0 radical (unpaired) electrons. The number of nitrogens with zero attached hydrogens (tertiary/aromatic N) is 4. The number of methoxy groups -OCH3 is 1. The third-order valence-corrected chi connectivity index (χ3v) is 12.5. The molecule has 4 heterocycles. The third kappa shape index (κ3) is 8.04. The highest BCUT2D eigenvalue weighted by Gasteiger charge is 2.56. The molecular formula is C44H39N7O8S2. The second kappa shape index (κ2) is 17.7. The molecule has 1 saturated heterocycles. The molecule has 3 atom stereocenters. The summed E-state index contributed by atoms with van der Waals surface area (Å²) in [5.41, 5.74) is 8.57. The van der Waals surface area contributed by atoms with E-state index in [4.69, 9.17) is 29.9 Å². The lowest BCUT2D eigenvalue weighted by atomic mass is 9.77. The van der Waals surface area contributed by atoms with E-state index in [1.165, 1.54) is 35.1 Å². The van der Waals surface area contributed by atoms with Gasteiger partial charge < -0.3 is 35.5 Å². The van der Waals surface area contributed by atoms with Crippen molar-refractivity contribution in [1.29, 1.82) is 0 Å². The van der Waals surface area contributed by atoms with Crippen LogP contribution in [0, 0.1) is 0 Å². The number of anilines is 1. The van der Waals surface area contributed by atoms with Gasteiger partial charge in [0.1, 0.15) is 53.5 Å². The normalized spacial score (nSPS) is 18.6. The van der Waals surface area contributed by atoms with E-state index < -0.39 is 46.7 Å². The summed E-state index contributed by atoms with van der Waals surface area (Å²) in [7, 11) is 2.86. The maximum absolute atomic E-state index is 14.1. The minimum atomic E-state index is -1.05. The van der Waals surface area contributed by atoms with Crippen LogP contribution in [0.1, 0.15) is 34.4 Å². The Morgan fingerprint density at radius 3 is 2.10 bits per heavy atom. The molecule has 8 rings (SSSR count). The van der Waals surface area contributed by atoms with Gasteiger partial charge in [-0.15, -0.1) is 23.1 Å². The van der Waals surface area contributed by atoms with Gasteiger partial charge in [0.05, 0.1) is 7.11 Å². The Labute approximate surface area is 358 Å². The first-order valence-electron chi connectivity index (χ1n) is 19.0. The zero-order chi connectivity index (χ0) is 42.5. The molecule has 17 heteroatoms. The van der Waals surface area contributed by atoms with E-state index in [0.717, 1.165) is 16.7 Å². The van der Waals surface area contributed by atoms with E-state index in [1.807, 2.05) is 91.0 Å². The molecule has 61 heavy (non-hydrogen) atoms. The summed E-state index contributed by atoms with van der Waals surface area (Å²) in [5, 5.41) is 15.8. The zero-order valence-corrected chi connectivity index (χ0v) is 34.5. The lowest BCUT2D eigenvalue weighted by molar-refractivity contribution is -0.153. The summed E-state index contributed by atoms with van der Waals surface area (Å²) in [5.74, 6) is -1.98. The van der Waals surface area contributed by atoms with Crippen LogP contribution in [0.25, 0.3) is 0 Å². The number of ether oxygens (including phenoxy) is 2. The summed E-state index contributed by atoms with van der Waals surface area (Å²) >= 11 is 2.59. The van der Waals surface area contributed by atoms with E-state index in [-0.39, 0.29) is 41.6 Å². The fraction of sp³-hybridized carbons (Fsp3) is 0.205. The predicted molar refractivity (Wildman–Crippen MR) is 229 cm³/mol. The molecule has 1 fully saturated rings. The number of benzene rings is 4. The van der Waals surface area contributed by atoms with Gasteiger partial charge in [-0.1, -0.05) is 113 Å². The second-order valence-corrected chi connectivity index (χ2v) is 16.0. The maximum Gasteiger partial charge on any atom is 0.355 e. The number of amides is 3. The van der Waals surface area contributed by atoms with Crippen molar-refractivity contribution in [3.63, 3.8) is 0 Å². The summed E-state index contributed by atoms with van der Waals surface area (Å²) in [6, 6.07) is 36.0. The fourth-order valence-corrected chi connectivity index (χ4v) is 9.57. The predicted octanol–water partition coefficient (Wildman–Crippen LogP) is 4.93. The molecule has 4 N–H and O–H groups in total. The van der Waals surface area contributed by atoms with Crippen LogP contribution in [0.5, 0.6) is 5.75 Å². The number of oxime groups is 2. The van der Waals surface area contributed by atoms with Gasteiger partial charge in [0.25, 0.3) is 17.7 Å². The summed E-state index contributed by atoms with van der Waals surface area (Å²) in [6.45, 7) is -0.0985. The molecule has 0 saturated carbocycles. The number of esters is 1. The van der Waals surface area contributed by atoms with E-state index in [1.54, 1.807) is 36.8 Å². The zero-order valence-electron chi connectivity index (χ0n) is 32.8. The number of hydrogen-bond donors (Lipinski definition) is 3. The van der Waals surface area contributed by atoms with Crippen LogP contribution in [-0.4, -0.2) is 82.5 Å². The van der Waals surface area contributed by atoms with Gasteiger partial charge in [-0.05, 0) is 34.4 Å². The molecule has 15 nitrogen and oxygen atoms in total. The Bertz CT molecular complexity index is 2440. The lowest BCUT2D eigenvalue weighted by Gasteiger charge is -2.50. The van der Waals surface area contributed by atoms with Crippen molar-refractivity contribution >= 4 is 63.3 Å². The monoisotopic (exact) mass is 857 g/mol. The van der Waals surface area contributed by atoms with Crippen molar-refractivity contribution < 1.29 is 38.3 Å². The van der Waals surface area contributed by atoms with Crippen molar-refractivity contribution in [1.82, 2.24) is 15.2 Å². The number of rotatable bonds is 15. The first kappa shape index (κ1) is 40.8. The number of carbonyl (C=O) groups excluding carboxylic acids is 4. The first-order valence-corrected chi connectivity index (χ1v) is 21.0. The van der Waals surface area contributed by atoms with Gasteiger partial charge in [-0.3, -0.25) is 19.3 Å². The third-order valence-electron chi connectivity index (χ3n) is 10.4. The fourth-order valence-electron chi connectivity index (χ4n) is 7.41. The molecule has 4 aromatic carbocycles. The van der Waals surface area contributed by atoms with Gasteiger partial charge in [-0.25, -0.2) is 9.78 Å². The number of thiazole rings is 1. The molecule has 3 amide bonds. The first-order chi connectivity index (χ1) is 29.7. The Morgan fingerprint density at radius 2 is 1.54 bits per heavy atom. The minimum Gasteiger partial charge on any atom is -0.497 e. The average Bonchev–Trinajstić information content (AvgIpc) is 4.00. The van der Waals surface area contributed by atoms with Gasteiger partial charge >= 0.3 is 5.97 Å². The Balaban J connectivity index is 1.04. The van der Waals surface area contributed by atoms with Crippen molar-refractivity contribution in [3.05, 3.63) is 160 Å². The van der Waals surface area contributed by atoms with Crippen molar-refractivity contribution in [2.24, 2.45) is 16.0 Å². The quantitative estimate of drug-likeness (QED) is 0.0425. The van der Waals surface area contributed by atoms with E-state index in [2.05, 4.69) is 20.9 Å². The Kier molecular flexibility index (Phi) is 11.8. The van der Waals surface area contributed by atoms with Crippen LogP contribution < -0.4 is 21.1 Å². The average molecular weight is 858 g/mol. The minimum absolute atomic E-state index is 0.00638. The molecule has 310 valence electrons. The smallest absolute Gasteiger partial charge is 0.355 e. The lowest BCUT2D eigenvalue weighted by Crippen LogP contribution is -2.71. The van der Waals surface area contributed by atoms with Crippen LogP contribution >= 0.6 is 23.1 Å². The van der Waals surface area contributed by atoms with E-state index >= 15 is 0 Å². The van der Waals surface area contributed by atoms with Crippen LogP contribution in [0.15, 0.2) is 142 Å². The molecule has 0 bridgehead atoms. The topological polar surface area (TPSA) is 196 Å². The molecule has 0 spiro atoms. The van der Waals surface area contributed by atoms with E-state index in [9.17, 15) is 19.2 Å². The van der Waals surface area contributed by atoms with Crippen LogP contribution in [-0.2, 0) is 45.7 Å². The highest BCUT2D eigenvalue weighted by atomic mass is 32.2. The number of β-lactam (4-membered cyclic amide) rings is 1. The number of nitrogens with one attached hydrogen (secondary N) is 2. The number of thioether (sulfide) groups is 1. The number of nitrogens with two attached hydrogens (primary N) is 1. The number of carbonyl (C=O) groups is 4. The van der Waals surface area contributed by atoms with Gasteiger partial charge in [0.2, 0.25) is 0 Å². The van der Waals surface area contributed by atoms with Crippen LogP contribution in [0.2, 0.25) is 0 Å². The molecule has 5 aromatic rings. The molecule has 3 aliphatic heterocycles. The van der Waals surface area contributed by atoms with Gasteiger partial charge in [0.15, 0.2) is 16.9 Å². The highest BCUT2D eigenvalue weighted by Crippen LogP contribution is 2.44. The molecule has 0 aliphatic carbocycles. The molecule has 1 aromatic heterocycles. The largest absolute Gasteiger partial charge is 0.497 e. The van der Waals surface area contributed by atoms with Gasteiger partial charge in [-0.2, -0.15) is 0 Å². The molecule has 2 unspecified atom stereocenters. The summed E-state index contributed by atoms with van der Waals surface area (Å²) < 4.78 is 10.9. The summed E-state index contributed by atoms with van der Waals surface area (Å²) in [4.78, 5) is 70.6.